The predicted octanol–water partition coefficient (Wildman–Crippen LogP) is 3.94. The quantitative estimate of drug-likeness (QED) is 0.558. The zero-order chi connectivity index (χ0) is 23.4. The monoisotopic (exact) mass is 446 g/mol. The lowest BCUT2D eigenvalue weighted by atomic mass is 10.1. The van der Waals surface area contributed by atoms with E-state index in [9.17, 15) is 18.8 Å². The van der Waals surface area contributed by atoms with Crippen LogP contribution in [0.2, 0.25) is 0 Å². The Hall–Kier alpha value is -4.07. The molecule has 1 fully saturated rings. The van der Waals surface area contributed by atoms with E-state index in [1.165, 1.54) is 23.1 Å². The molecule has 0 bridgehead atoms. The second-order valence-electron chi connectivity index (χ2n) is 7.87. The van der Waals surface area contributed by atoms with E-state index >= 15 is 0 Å². The van der Waals surface area contributed by atoms with Gasteiger partial charge in [0.05, 0.1) is 12.1 Å². The average Bonchev–Trinajstić information content (AvgIpc) is 3.02. The maximum absolute atomic E-state index is 13.5. The number of amides is 4. The number of rotatable bonds is 7. The van der Waals surface area contributed by atoms with Gasteiger partial charge in [0.1, 0.15) is 11.9 Å². The highest BCUT2D eigenvalue weighted by atomic mass is 19.1. The molecule has 8 heteroatoms. The van der Waals surface area contributed by atoms with E-state index in [1.54, 1.807) is 30.6 Å². The van der Waals surface area contributed by atoms with Crippen molar-refractivity contribution in [2.24, 2.45) is 0 Å². The summed E-state index contributed by atoms with van der Waals surface area (Å²) < 4.78 is 13.5. The van der Waals surface area contributed by atoms with Gasteiger partial charge < -0.3 is 10.2 Å². The third kappa shape index (κ3) is 5.06. The fourth-order valence-electron chi connectivity index (χ4n) is 3.77. The van der Waals surface area contributed by atoms with Gasteiger partial charge >= 0.3 is 6.03 Å². The van der Waals surface area contributed by atoms with E-state index in [4.69, 9.17) is 0 Å². The molecule has 0 radical (unpaired) electrons. The van der Waals surface area contributed by atoms with Crippen molar-refractivity contribution in [3.05, 3.63) is 90.0 Å². The van der Waals surface area contributed by atoms with Crippen LogP contribution in [0.3, 0.4) is 0 Å². The second kappa shape index (κ2) is 9.60. The molecule has 2 aromatic carbocycles. The van der Waals surface area contributed by atoms with Crippen molar-refractivity contribution in [1.29, 1.82) is 0 Å². The van der Waals surface area contributed by atoms with Gasteiger partial charge in [-0.15, -0.1) is 0 Å². The Morgan fingerprint density at radius 1 is 1.06 bits per heavy atom. The van der Waals surface area contributed by atoms with Gasteiger partial charge in [-0.1, -0.05) is 23.8 Å². The Morgan fingerprint density at radius 2 is 1.79 bits per heavy atom. The van der Waals surface area contributed by atoms with Crippen LogP contribution in [0, 0.1) is 12.7 Å². The molecule has 33 heavy (non-hydrogen) atoms. The number of carbonyl (C=O) groups is 3. The number of pyridine rings is 1. The first kappa shape index (κ1) is 22.1. The number of nitrogens with zero attached hydrogens (tertiary/aromatic N) is 3. The number of urea groups is 1. The number of anilines is 2. The normalized spacial score (nSPS) is 15.8. The highest BCUT2D eigenvalue weighted by Crippen LogP contribution is 2.28. The molecular weight excluding hydrogens is 423 g/mol. The lowest BCUT2D eigenvalue weighted by molar-refractivity contribution is -0.124. The van der Waals surface area contributed by atoms with E-state index in [0.717, 1.165) is 16.0 Å². The molecule has 1 aliphatic heterocycles. The Bertz CT molecular complexity index is 1170. The lowest BCUT2D eigenvalue weighted by Crippen LogP contribution is -2.39. The van der Waals surface area contributed by atoms with Gasteiger partial charge in [-0.25, -0.2) is 14.1 Å². The summed E-state index contributed by atoms with van der Waals surface area (Å²) in [6.45, 7) is 2.17. The van der Waals surface area contributed by atoms with Gasteiger partial charge in [-0.2, -0.15) is 0 Å². The molecule has 1 atom stereocenters. The number of aryl methyl sites for hydroxylation is 1. The summed E-state index contributed by atoms with van der Waals surface area (Å²) in [5.41, 5.74) is 2.70. The minimum Gasteiger partial charge on any atom is -0.326 e. The van der Waals surface area contributed by atoms with Crippen LogP contribution < -0.4 is 10.2 Å². The molecule has 1 aliphatic rings. The zero-order valence-corrected chi connectivity index (χ0v) is 18.1. The molecule has 2 heterocycles. The van der Waals surface area contributed by atoms with Crippen molar-refractivity contribution in [1.82, 2.24) is 9.88 Å². The number of halogens is 1. The highest BCUT2D eigenvalue weighted by Gasteiger charge is 2.46. The number of hydrogen-bond donors (Lipinski definition) is 1. The summed E-state index contributed by atoms with van der Waals surface area (Å²) in [4.78, 5) is 45.8. The number of nitrogens with one attached hydrogen (secondary N) is 1. The summed E-state index contributed by atoms with van der Waals surface area (Å²) in [6, 6.07) is 14.8. The van der Waals surface area contributed by atoms with Gasteiger partial charge in [0, 0.05) is 24.6 Å². The number of benzene rings is 2. The number of aromatic nitrogens is 1. The first-order valence-corrected chi connectivity index (χ1v) is 10.6. The van der Waals surface area contributed by atoms with E-state index in [0.29, 0.717) is 12.1 Å². The van der Waals surface area contributed by atoms with Crippen LogP contribution in [-0.4, -0.2) is 40.3 Å². The Kier molecular flexibility index (Phi) is 6.44. The minimum atomic E-state index is -0.964. The molecule has 0 aliphatic carbocycles. The van der Waals surface area contributed by atoms with Crippen molar-refractivity contribution in [2.45, 2.75) is 25.8 Å². The molecule has 4 amide bonds. The summed E-state index contributed by atoms with van der Waals surface area (Å²) in [5.74, 6) is -1.43. The molecule has 168 valence electrons. The molecule has 0 spiro atoms. The van der Waals surface area contributed by atoms with Gasteiger partial charge in [0.15, 0.2) is 0 Å². The van der Waals surface area contributed by atoms with Gasteiger partial charge in [0.2, 0.25) is 5.91 Å². The van der Waals surface area contributed by atoms with Crippen LogP contribution in [0.1, 0.15) is 17.5 Å². The number of carbonyl (C=O) groups excluding carboxylic acids is 3. The third-order valence-electron chi connectivity index (χ3n) is 5.49. The van der Waals surface area contributed by atoms with E-state index in [-0.39, 0.29) is 18.7 Å². The fraction of sp³-hybridized carbons (Fsp3) is 0.200. The minimum absolute atomic E-state index is 0.236. The maximum Gasteiger partial charge on any atom is 0.332 e. The Morgan fingerprint density at radius 3 is 2.48 bits per heavy atom. The molecule has 0 saturated carbocycles. The SMILES string of the molecule is Cc1ccc(N2C(=O)[C@H](CC(=O)Nc3cccc(F)c3)N(CCc3ccncc3)C2=O)cc1. The molecule has 4 rings (SSSR count). The van der Waals surface area contributed by atoms with Gasteiger partial charge in [-0.3, -0.25) is 14.6 Å². The molecule has 7 nitrogen and oxygen atoms in total. The van der Waals surface area contributed by atoms with E-state index in [2.05, 4.69) is 10.3 Å². The molecule has 1 aromatic heterocycles. The van der Waals surface area contributed by atoms with Crippen molar-refractivity contribution in [2.75, 3.05) is 16.8 Å². The van der Waals surface area contributed by atoms with Gasteiger partial charge in [-0.05, 0) is 61.4 Å². The zero-order valence-electron chi connectivity index (χ0n) is 18.1. The topological polar surface area (TPSA) is 82.6 Å². The molecule has 0 unspecified atom stereocenters. The first-order valence-electron chi connectivity index (χ1n) is 10.6. The Labute approximate surface area is 190 Å². The van der Waals surface area contributed by atoms with Crippen molar-refractivity contribution >= 4 is 29.2 Å². The summed E-state index contributed by atoms with van der Waals surface area (Å²) in [5, 5.41) is 2.61. The van der Waals surface area contributed by atoms with Crippen LogP contribution in [-0.2, 0) is 16.0 Å². The molecular formula is C25H23FN4O3. The number of imide groups is 1. The standard InChI is InChI=1S/C25H23FN4O3/c1-17-5-7-21(8-6-17)30-24(32)22(16-23(31)28-20-4-2-3-19(26)15-20)29(25(30)33)14-11-18-9-12-27-13-10-18/h2-10,12-13,15,22H,11,14,16H2,1H3,(H,28,31)/t22-/m0/s1. The summed E-state index contributed by atoms with van der Waals surface area (Å²) in [7, 11) is 0. The average molecular weight is 446 g/mol. The van der Waals surface area contributed by atoms with Crippen LogP contribution in [0.25, 0.3) is 0 Å². The van der Waals surface area contributed by atoms with E-state index in [1.807, 2.05) is 31.2 Å². The summed E-state index contributed by atoms with van der Waals surface area (Å²) >= 11 is 0. The second-order valence-corrected chi connectivity index (χ2v) is 7.87. The van der Waals surface area contributed by atoms with Gasteiger partial charge in [0.25, 0.3) is 5.91 Å². The van der Waals surface area contributed by atoms with Crippen molar-refractivity contribution in [3.8, 4) is 0 Å². The predicted molar refractivity (Wildman–Crippen MR) is 122 cm³/mol. The van der Waals surface area contributed by atoms with Crippen molar-refractivity contribution in [3.63, 3.8) is 0 Å². The van der Waals surface area contributed by atoms with Crippen LogP contribution in [0.15, 0.2) is 73.1 Å². The smallest absolute Gasteiger partial charge is 0.326 e. The Balaban J connectivity index is 1.56. The van der Waals surface area contributed by atoms with Crippen LogP contribution in [0.5, 0.6) is 0 Å². The van der Waals surface area contributed by atoms with E-state index < -0.39 is 29.7 Å². The first-order chi connectivity index (χ1) is 15.9. The van der Waals surface area contributed by atoms with Crippen LogP contribution in [0.4, 0.5) is 20.6 Å². The fourth-order valence-corrected chi connectivity index (χ4v) is 3.77. The highest BCUT2D eigenvalue weighted by molar-refractivity contribution is 6.22. The third-order valence-corrected chi connectivity index (χ3v) is 5.49. The number of hydrogen-bond acceptors (Lipinski definition) is 4. The molecule has 1 N–H and O–H groups in total. The van der Waals surface area contributed by atoms with Crippen LogP contribution >= 0.6 is 0 Å². The molecule has 3 aromatic rings. The summed E-state index contributed by atoms with van der Waals surface area (Å²) in [6.07, 6.45) is 3.59. The maximum atomic E-state index is 13.5. The van der Waals surface area contributed by atoms with Crippen molar-refractivity contribution < 1.29 is 18.8 Å². The molecule has 1 saturated heterocycles. The lowest BCUT2D eigenvalue weighted by Gasteiger charge is -2.21. The largest absolute Gasteiger partial charge is 0.332 e.